The lowest BCUT2D eigenvalue weighted by atomic mass is 10.1. The number of unbranched alkanes of at least 4 members (excludes halogenated alkanes) is 3. The van der Waals surface area contributed by atoms with Crippen molar-refractivity contribution in [2.45, 2.75) is 38.2 Å². The van der Waals surface area contributed by atoms with Crippen LogP contribution in [0, 0.1) is 5.82 Å². The average Bonchev–Trinajstić information content (AvgIpc) is 2.29. The fourth-order valence-electron chi connectivity index (χ4n) is 1.58. The number of halogens is 1. The standard InChI is InChI=1S/C13H18FNO/c1-2-3-4-5-6-9-12(16)13-11(14)8-7-10-15-13/h2,7-8,10,12,16H,1,3-6,9H2. The Labute approximate surface area is 95.8 Å². The highest BCUT2D eigenvalue weighted by atomic mass is 19.1. The van der Waals surface area contributed by atoms with Crippen molar-refractivity contribution in [1.82, 2.24) is 4.98 Å². The molecule has 0 radical (unpaired) electrons. The Morgan fingerprint density at radius 3 is 2.94 bits per heavy atom. The van der Waals surface area contributed by atoms with Gasteiger partial charge in [0, 0.05) is 6.20 Å². The first-order valence-corrected chi connectivity index (χ1v) is 5.65. The number of aliphatic hydroxyl groups is 1. The first-order valence-electron chi connectivity index (χ1n) is 5.65. The lowest BCUT2D eigenvalue weighted by Crippen LogP contribution is -2.03. The van der Waals surface area contributed by atoms with Crippen LogP contribution in [0.3, 0.4) is 0 Å². The fourth-order valence-corrected chi connectivity index (χ4v) is 1.58. The predicted octanol–water partition coefficient (Wildman–Crippen LogP) is 3.39. The zero-order valence-electron chi connectivity index (χ0n) is 9.40. The second kappa shape index (κ2) is 7.12. The highest BCUT2D eigenvalue weighted by Gasteiger charge is 2.12. The predicted molar refractivity (Wildman–Crippen MR) is 62.4 cm³/mol. The van der Waals surface area contributed by atoms with Crippen LogP contribution in [-0.4, -0.2) is 10.1 Å². The molecule has 1 atom stereocenters. The molecule has 0 saturated carbocycles. The molecule has 1 unspecified atom stereocenters. The largest absolute Gasteiger partial charge is 0.387 e. The van der Waals surface area contributed by atoms with Crippen LogP contribution in [0.15, 0.2) is 31.0 Å². The molecule has 3 heteroatoms. The summed E-state index contributed by atoms with van der Waals surface area (Å²) in [5, 5.41) is 9.74. The molecule has 0 bridgehead atoms. The minimum absolute atomic E-state index is 0.159. The van der Waals surface area contributed by atoms with Crippen LogP contribution in [0.5, 0.6) is 0 Å². The minimum Gasteiger partial charge on any atom is -0.387 e. The summed E-state index contributed by atoms with van der Waals surface area (Å²) in [5.74, 6) is -0.430. The van der Waals surface area contributed by atoms with E-state index in [-0.39, 0.29) is 5.69 Å². The third-order valence-corrected chi connectivity index (χ3v) is 2.49. The smallest absolute Gasteiger partial charge is 0.147 e. The van der Waals surface area contributed by atoms with E-state index < -0.39 is 11.9 Å². The van der Waals surface area contributed by atoms with Crippen LogP contribution in [0.25, 0.3) is 0 Å². The van der Waals surface area contributed by atoms with Crippen molar-refractivity contribution in [2.75, 3.05) is 0 Å². The second-order valence-electron chi connectivity index (χ2n) is 3.81. The minimum atomic E-state index is -0.787. The van der Waals surface area contributed by atoms with Gasteiger partial charge in [-0.2, -0.15) is 0 Å². The molecule has 0 aliphatic heterocycles. The van der Waals surface area contributed by atoms with Crippen molar-refractivity contribution < 1.29 is 9.50 Å². The molecule has 2 nitrogen and oxygen atoms in total. The van der Waals surface area contributed by atoms with Crippen molar-refractivity contribution in [1.29, 1.82) is 0 Å². The van der Waals surface area contributed by atoms with Crippen LogP contribution in [0.2, 0.25) is 0 Å². The van der Waals surface area contributed by atoms with E-state index in [1.165, 1.54) is 18.3 Å². The summed E-state index contributed by atoms with van der Waals surface area (Å²) in [6.07, 6.45) is 7.13. The van der Waals surface area contributed by atoms with Gasteiger partial charge in [0.2, 0.25) is 0 Å². The van der Waals surface area contributed by atoms with E-state index in [0.717, 1.165) is 25.7 Å². The summed E-state index contributed by atoms with van der Waals surface area (Å²) in [6, 6.07) is 2.85. The van der Waals surface area contributed by atoms with E-state index in [4.69, 9.17) is 0 Å². The van der Waals surface area contributed by atoms with E-state index in [1.54, 1.807) is 0 Å². The molecule has 16 heavy (non-hydrogen) atoms. The quantitative estimate of drug-likeness (QED) is 0.567. The van der Waals surface area contributed by atoms with Crippen molar-refractivity contribution in [3.8, 4) is 0 Å². The second-order valence-corrected chi connectivity index (χ2v) is 3.81. The Hall–Kier alpha value is -1.22. The molecule has 1 rings (SSSR count). The van der Waals surface area contributed by atoms with E-state index in [0.29, 0.717) is 6.42 Å². The maximum Gasteiger partial charge on any atom is 0.147 e. The van der Waals surface area contributed by atoms with Gasteiger partial charge in [0.25, 0.3) is 0 Å². The van der Waals surface area contributed by atoms with Gasteiger partial charge in [0.05, 0.1) is 6.10 Å². The Morgan fingerprint density at radius 2 is 2.25 bits per heavy atom. The van der Waals surface area contributed by atoms with Crippen molar-refractivity contribution in [3.63, 3.8) is 0 Å². The molecule has 1 heterocycles. The summed E-state index contributed by atoms with van der Waals surface area (Å²) in [5.41, 5.74) is 0.159. The summed E-state index contributed by atoms with van der Waals surface area (Å²) >= 11 is 0. The number of hydrogen-bond acceptors (Lipinski definition) is 2. The van der Waals surface area contributed by atoms with Crippen molar-refractivity contribution >= 4 is 0 Å². The molecule has 0 spiro atoms. The average molecular weight is 223 g/mol. The Morgan fingerprint density at radius 1 is 1.44 bits per heavy atom. The summed E-state index contributed by atoms with van der Waals surface area (Å²) in [7, 11) is 0. The number of aliphatic hydroxyl groups excluding tert-OH is 1. The van der Waals surface area contributed by atoms with E-state index >= 15 is 0 Å². The van der Waals surface area contributed by atoms with Gasteiger partial charge in [-0.05, 0) is 31.4 Å². The van der Waals surface area contributed by atoms with Crippen molar-refractivity contribution in [3.05, 3.63) is 42.5 Å². The van der Waals surface area contributed by atoms with Crippen LogP contribution < -0.4 is 0 Å². The zero-order valence-corrected chi connectivity index (χ0v) is 9.40. The van der Waals surface area contributed by atoms with Crippen LogP contribution in [0.4, 0.5) is 4.39 Å². The molecular formula is C13H18FNO. The van der Waals surface area contributed by atoms with Crippen molar-refractivity contribution in [2.24, 2.45) is 0 Å². The third kappa shape index (κ3) is 4.11. The maximum absolute atomic E-state index is 13.2. The van der Waals surface area contributed by atoms with Gasteiger partial charge in [-0.15, -0.1) is 6.58 Å². The molecule has 0 aromatic carbocycles. The molecule has 0 amide bonds. The Bertz CT molecular complexity index is 327. The number of allylic oxidation sites excluding steroid dienone is 1. The van der Waals surface area contributed by atoms with Crippen LogP contribution in [-0.2, 0) is 0 Å². The van der Waals surface area contributed by atoms with Gasteiger partial charge in [-0.25, -0.2) is 4.39 Å². The molecule has 0 fully saturated rings. The third-order valence-electron chi connectivity index (χ3n) is 2.49. The summed E-state index contributed by atoms with van der Waals surface area (Å²) < 4.78 is 13.2. The van der Waals surface area contributed by atoms with E-state index in [1.807, 2.05) is 6.08 Å². The molecule has 88 valence electrons. The maximum atomic E-state index is 13.2. The summed E-state index contributed by atoms with van der Waals surface area (Å²) in [6.45, 7) is 3.64. The topological polar surface area (TPSA) is 33.1 Å². The van der Waals surface area contributed by atoms with Gasteiger partial charge < -0.3 is 5.11 Å². The lowest BCUT2D eigenvalue weighted by molar-refractivity contribution is 0.154. The lowest BCUT2D eigenvalue weighted by Gasteiger charge is -2.10. The highest BCUT2D eigenvalue weighted by molar-refractivity contribution is 5.09. The van der Waals surface area contributed by atoms with Crippen LogP contribution >= 0.6 is 0 Å². The zero-order chi connectivity index (χ0) is 11.8. The van der Waals surface area contributed by atoms with Gasteiger partial charge in [-0.1, -0.05) is 18.9 Å². The molecular weight excluding hydrogens is 205 g/mol. The van der Waals surface area contributed by atoms with Gasteiger partial charge >= 0.3 is 0 Å². The molecule has 0 aliphatic rings. The normalized spacial score (nSPS) is 12.4. The molecule has 1 aromatic heterocycles. The fraction of sp³-hybridized carbons (Fsp3) is 0.462. The molecule has 0 saturated heterocycles. The van der Waals surface area contributed by atoms with Gasteiger partial charge in [0.1, 0.15) is 11.5 Å². The number of nitrogens with zero attached hydrogens (tertiary/aromatic N) is 1. The Balaban J connectivity index is 2.32. The monoisotopic (exact) mass is 223 g/mol. The molecule has 1 aromatic rings. The number of aromatic nitrogens is 1. The summed E-state index contributed by atoms with van der Waals surface area (Å²) in [4.78, 5) is 3.85. The van der Waals surface area contributed by atoms with Gasteiger partial charge in [0.15, 0.2) is 0 Å². The highest BCUT2D eigenvalue weighted by Crippen LogP contribution is 2.20. The van der Waals surface area contributed by atoms with E-state index in [2.05, 4.69) is 11.6 Å². The van der Waals surface area contributed by atoms with Crippen LogP contribution in [0.1, 0.15) is 43.9 Å². The number of pyridine rings is 1. The van der Waals surface area contributed by atoms with Gasteiger partial charge in [-0.3, -0.25) is 4.98 Å². The SMILES string of the molecule is C=CCCCCCC(O)c1ncccc1F. The number of hydrogen-bond donors (Lipinski definition) is 1. The molecule has 0 aliphatic carbocycles. The number of rotatable bonds is 7. The van der Waals surface area contributed by atoms with E-state index in [9.17, 15) is 9.50 Å². The first kappa shape index (κ1) is 12.8. The molecule has 1 N–H and O–H groups in total. The first-order chi connectivity index (χ1) is 7.75. The Kier molecular flexibility index (Phi) is 5.72.